The second-order valence-electron chi connectivity index (χ2n) is 8.95. The first-order valence-electron chi connectivity index (χ1n) is 12.2. The van der Waals surface area contributed by atoms with E-state index in [0.717, 1.165) is 61.2 Å². The largest absolute Gasteiger partial charge is 0.491 e. The number of aliphatic hydroxyl groups is 1. The van der Waals surface area contributed by atoms with Gasteiger partial charge in [-0.15, -0.1) is 0 Å². The molecule has 0 spiro atoms. The molecule has 2 aromatic carbocycles. The Morgan fingerprint density at radius 2 is 1.76 bits per heavy atom. The van der Waals surface area contributed by atoms with Gasteiger partial charge in [-0.1, -0.05) is 23.8 Å². The molecule has 0 radical (unpaired) electrons. The van der Waals surface area contributed by atoms with Gasteiger partial charge in [0, 0.05) is 32.7 Å². The first-order chi connectivity index (χ1) is 16.4. The predicted molar refractivity (Wildman–Crippen MR) is 134 cm³/mol. The molecule has 1 heterocycles. The van der Waals surface area contributed by atoms with E-state index < -0.39 is 6.10 Å². The molecule has 0 saturated carbocycles. The molecule has 0 amide bonds. The maximum Gasteiger partial charge on any atom is 0.161 e. The Bertz CT molecular complexity index is 885. The smallest absolute Gasteiger partial charge is 0.161 e. The molecule has 1 aliphatic heterocycles. The third kappa shape index (κ3) is 8.47. The second-order valence-corrected chi connectivity index (χ2v) is 8.95. The highest BCUT2D eigenvalue weighted by Crippen LogP contribution is 2.29. The fourth-order valence-electron chi connectivity index (χ4n) is 4.08. The van der Waals surface area contributed by atoms with Crippen LogP contribution in [0.2, 0.25) is 0 Å². The summed E-state index contributed by atoms with van der Waals surface area (Å²) in [4.78, 5) is 4.43. The summed E-state index contributed by atoms with van der Waals surface area (Å²) in [6, 6.07) is 12.1. The Morgan fingerprint density at radius 1 is 1.00 bits per heavy atom. The third-order valence-corrected chi connectivity index (χ3v) is 5.81. The van der Waals surface area contributed by atoms with E-state index >= 15 is 0 Å². The number of rotatable bonds is 13. The van der Waals surface area contributed by atoms with Crippen LogP contribution in [-0.2, 0) is 11.3 Å². The summed E-state index contributed by atoms with van der Waals surface area (Å²) < 4.78 is 23.1. The zero-order valence-corrected chi connectivity index (χ0v) is 21.1. The fraction of sp³-hybridized carbons (Fsp3) is 0.556. The van der Waals surface area contributed by atoms with Crippen LogP contribution in [0.25, 0.3) is 0 Å². The number of aliphatic hydroxyl groups excluding tert-OH is 1. The minimum absolute atomic E-state index is 0.258. The maximum atomic E-state index is 10.5. The van der Waals surface area contributed by atoms with Gasteiger partial charge in [0.15, 0.2) is 11.5 Å². The van der Waals surface area contributed by atoms with Crippen molar-refractivity contribution >= 4 is 0 Å². The van der Waals surface area contributed by atoms with E-state index in [9.17, 15) is 5.11 Å². The maximum absolute atomic E-state index is 10.5. The van der Waals surface area contributed by atoms with Crippen molar-refractivity contribution in [3.8, 4) is 17.2 Å². The Balaban J connectivity index is 1.47. The van der Waals surface area contributed by atoms with Gasteiger partial charge in [0.05, 0.1) is 19.8 Å². The van der Waals surface area contributed by atoms with Crippen molar-refractivity contribution in [2.45, 2.75) is 33.4 Å². The molecular formula is C27H40N2O5. The molecule has 1 N–H and O–H groups in total. The molecule has 7 heteroatoms. The predicted octanol–water partition coefficient (Wildman–Crippen LogP) is 3.28. The number of morpholine rings is 1. The van der Waals surface area contributed by atoms with E-state index in [0.29, 0.717) is 26.3 Å². The van der Waals surface area contributed by atoms with Crippen LogP contribution in [-0.4, -0.2) is 87.3 Å². The highest BCUT2D eigenvalue weighted by molar-refractivity contribution is 5.43. The average Bonchev–Trinajstić information content (AvgIpc) is 2.80. The Labute approximate surface area is 204 Å². The lowest BCUT2D eigenvalue weighted by molar-refractivity contribution is 0.0320. The van der Waals surface area contributed by atoms with Gasteiger partial charge in [-0.05, 0) is 57.1 Å². The van der Waals surface area contributed by atoms with Crippen molar-refractivity contribution in [1.82, 2.24) is 9.80 Å². The summed E-state index contributed by atoms with van der Waals surface area (Å²) in [7, 11) is 1.99. The van der Waals surface area contributed by atoms with Crippen LogP contribution in [0.1, 0.15) is 23.6 Å². The molecule has 0 bridgehead atoms. The van der Waals surface area contributed by atoms with E-state index in [1.165, 1.54) is 5.56 Å². The van der Waals surface area contributed by atoms with Crippen molar-refractivity contribution in [3.05, 3.63) is 53.1 Å². The van der Waals surface area contributed by atoms with Crippen LogP contribution in [0, 0.1) is 13.8 Å². The highest BCUT2D eigenvalue weighted by Gasteiger charge is 2.14. The number of benzene rings is 2. The number of ether oxygens (including phenoxy) is 4. The Morgan fingerprint density at radius 3 is 2.50 bits per heavy atom. The molecule has 1 atom stereocenters. The molecule has 2 aromatic rings. The van der Waals surface area contributed by atoms with Crippen LogP contribution in [0.4, 0.5) is 0 Å². The Kier molecular flexibility index (Phi) is 10.5. The molecule has 7 nitrogen and oxygen atoms in total. The van der Waals surface area contributed by atoms with E-state index in [4.69, 9.17) is 18.9 Å². The molecule has 1 unspecified atom stereocenters. The summed E-state index contributed by atoms with van der Waals surface area (Å²) in [6.45, 7) is 13.1. The molecule has 1 saturated heterocycles. The lowest BCUT2D eigenvalue weighted by Crippen LogP contribution is -2.38. The zero-order chi connectivity index (χ0) is 24.3. The highest BCUT2D eigenvalue weighted by atomic mass is 16.5. The molecule has 0 aromatic heterocycles. The second kappa shape index (κ2) is 13.5. The topological polar surface area (TPSA) is 63.6 Å². The van der Waals surface area contributed by atoms with Crippen molar-refractivity contribution in [3.63, 3.8) is 0 Å². The van der Waals surface area contributed by atoms with Crippen molar-refractivity contribution in [2.75, 3.05) is 66.3 Å². The average molecular weight is 473 g/mol. The minimum Gasteiger partial charge on any atom is -0.491 e. The van der Waals surface area contributed by atoms with Crippen LogP contribution in [0.3, 0.4) is 0 Å². The first-order valence-corrected chi connectivity index (χ1v) is 12.2. The van der Waals surface area contributed by atoms with Crippen molar-refractivity contribution in [1.29, 1.82) is 0 Å². The molecule has 1 fully saturated rings. The molecule has 1 aliphatic rings. The van der Waals surface area contributed by atoms with Crippen molar-refractivity contribution < 1.29 is 24.1 Å². The number of hydrogen-bond donors (Lipinski definition) is 1. The summed E-state index contributed by atoms with van der Waals surface area (Å²) in [5.74, 6) is 2.34. The lowest BCUT2D eigenvalue weighted by atomic mass is 10.1. The molecule has 34 heavy (non-hydrogen) atoms. The number of nitrogens with zero attached hydrogens (tertiary/aromatic N) is 2. The zero-order valence-electron chi connectivity index (χ0n) is 21.1. The third-order valence-electron chi connectivity index (χ3n) is 5.81. The van der Waals surface area contributed by atoms with E-state index in [-0.39, 0.29) is 6.61 Å². The fourth-order valence-corrected chi connectivity index (χ4v) is 4.08. The van der Waals surface area contributed by atoms with Gasteiger partial charge in [0.2, 0.25) is 0 Å². The monoisotopic (exact) mass is 472 g/mol. The molecule has 0 aliphatic carbocycles. The van der Waals surface area contributed by atoms with E-state index in [1.54, 1.807) is 0 Å². The summed E-state index contributed by atoms with van der Waals surface area (Å²) in [5.41, 5.74) is 3.38. The van der Waals surface area contributed by atoms with Gasteiger partial charge in [0.25, 0.3) is 0 Å². The number of aryl methyl sites for hydroxylation is 2. The van der Waals surface area contributed by atoms with Gasteiger partial charge < -0.3 is 24.1 Å². The Hall–Kier alpha value is -2.32. The van der Waals surface area contributed by atoms with Crippen molar-refractivity contribution in [2.24, 2.45) is 0 Å². The van der Waals surface area contributed by atoms with E-state index in [1.807, 2.05) is 45.2 Å². The van der Waals surface area contributed by atoms with Gasteiger partial charge >= 0.3 is 0 Å². The van der Waals surface area contributed by atoms with Gasteiger partial charge in [0.1, 0.15) is 25.1 Å². The normalized spacial score (nSPS) is 15.4. The quantitative estimate of drug-likeness (QED) is 0.480. The summed E-state index contributed by atoms with van der Waals surface area (Å²) >= 11 is 0. The summed E-state index contributed by atoms with van der Waals surface area (Å²) in [5, 5.41) is 10.5. The van der Waals surface area contributed by atoms with Gasteiger partial charge in [-0.2, -0.15) is 0 Å². The number of hydrogen-bond acceptors (Lipinski definition) is 7. The van der Waals surface area contributed by atoms with Gasteiger partial charge in [-0.25, -0.2) is 0 Å². The van der Waals surface area contributed by atoms with E-state index in [2.05, 4.69) is 28.9 Å². The molecule has 3 rings (SSSR count). The van der Waals surface area contributed by atoms with Gasteiger partial charge in [-0.3, -0.25) is 9.80 Å². The standard InChI is InChI=1S/C27H40N2O5/c1-5-32-27-17-23(7-9-26(27)33-15-12-29-10-13-31-14-11-29)18-28(4)19-24(30)20-34-25-8-6-21(2)16-22(25)3/h6-9,16-17,24,30H,5,10-15,18-20H2,1-4H3. The minimum atomic E-state index is -0.583. The SMILES string of the molecule is CCOc1cc(CN(C)CC(O)COc2ccc(C)cc2C)ccc1OCCN1CCOCC1. The summed E-state index contributed by atoms with van der Waals surface area (Å²) in [6.07, 6.45) is -0.583. The number of likely N-dealkylation sites (N-methyl/N-ethyl adjacent to an activating group) is 1. The van der Waals surface area contributed by atoms with Crippen LogP contribution in [0.5, 0.6) is 17.2 Å². The molecular weight excluding hydrogens is 432 g/mol. The van der Waals surface area contributed by atoms with Crippen LogP contribution in [0.15, 0.2) is 36.4 Å². The molecule has 188 valence electrons. The van der Waals surface area contributed by atoms with Crippen LogP contribution < -0.4 is 14.2 Å². The lowest BCUT2D eigenvalue weighted by Gasteiger charge is -2.26. The first kappa shape index (κ1) is 26.3. The van der Waals surface area contributed by atoms with Crippen LogP contribution >= 0.6 is 0 Å².